The summed E-state index contributed by atoms with van der Waals surface area (Å²) >= 11 is 0. The summed E-state index contributed by atoms with van der Waals surface area (Å²) in [6.45, 7) is 8.64. The van der Waals surface area contributed by atoms with E-state index in [9.17, 15) is 4.79 Å². The van der Waals surface area contributed by atoms with Crippen LogP contribution in [0.25, 0.3) is 0 Å². The van der Waals surface area contributed by atoms with E-state index in [4.69, 9.17) is 5.11 Å². The maximum atomic E-state index is 11.0. The quantitative estimate of drug-likeness (QED) is 0.591. The lowest BCUT2D eigenvalue weighted by atomic mass is 9.69. The van der Waals surface area contributed by atoms with Crippen LogP contribution in [-0.2, 0) is 4.79 Å². The van der Waals surface area contributed by atoms with Gasteiger partial charge < -0.3 is 5.11 Å². The van der Waals surface area contributed by atoms with Gasteiger partial charge in [0.25, 0.3) is 0 Å². The van der Waals surface area contributed by atoms with Crippen LogP contribution >= 0.6 is 0 Å². The van der Waals surface area contributed by atoms with Crippen molar-refractivity contribution in [3.8, 4) is 0 Å². The fourth-order valence-electron chi connectivity index (χ4n) is 4.07. The van der Waals surface area contributed by atoms with Crippen LogP contribution in [0.4, 0.5) is 0 Å². The van der Waals surface area contributed by atoms with Crippen LogP contribution in [0.15, 0.2) is 22.8 Å². The van der Waals surface area contributed by atoms with E-state index in [1.807, 2.05) is 6.08 Å². The van der Waals surface area contributed by atoms with Crippen molar-refractivity contribution in [3.05, 3.63) is 22.8 Å². The zero-order valence-electron chi connectivity index (χ0n) is 11.9. The van der Waals surface area contributed by atoms with Gasteiger partial charge in [0, 0.05) is 5.57 Å². The second kappa shape index (κ2) is 4.91. The van der Waals surface area contributed by atoms with E-state index in [1.54, 1.807) is 12.5 Å². The predicted molar refractivity (Wildman–Crippen MR) is 73.3 cm³/mol. The summed E-state index contributed by atoms with van der Waals surface area (Å²) in [5.41, 5.74) is 3.56. The van der Waals surface area contributed by atoms with Crippen LogP contribution in [0, 0.1) is 23.7 Å². The predicted octanol–water partition coefficient (Wildman–Crippen LogP) is 4.04. The number of carbonyl (C=O) groups is 1. The van der Waals surface area contributed by atoms with Gasteiger partial charge in [-0.25, -0.2) is 4.79 Å². The Labute approximate surface area is 110 Å². The molecular weight excluding hydrogens is 224 g/mol. The van der Waals surface area contributed by atoms with Crippen molar-refractivity contribution in [1.82, 2.24) is 0 Å². The average Bonchev–Trinajstić information content (AvgIpc) is 2.59. The number of aliphatic carboxylic acids is 1. The minimum Gasteiger partial charge on any atom is -0.478 e. The molecule has 1 unspecified atom stereocenters. The minimum absolute atomic E-state index is 0.368. The maximum absolute atomic E-state index is 11.0. The lowest BCUT2D eigenvalue weighted by Gasteiger charge is -2.36. The van der Waals surface area contributed by atoms with Crippen LogP contribution < -0.4 is 0 Å². The van der Waals surface area contributed by atoms with Crippen LogP contribution in [-0.4, -0.2) is 11.1 Å². The summed E-state index contributed by atoms with van der Waals surface area (Å²) in [6.07, 6.45) is 5.51. The molecule has 1 N–H and O–H groups in total. The molecule has 0 saturated heterocycles. The highest BCUT2D eigenvalue weighted by atomic mass is 16.4. The fourth-order valence-corrected chi connectivity index (χ4v) is 4.07. The summed E-state index contributed by atoms with van der Waals surface area (Å²) in [6, 6.07) is 0. The monoisotopic (exact) mass is 248 g/mol. The van der Waals surface area contributed by atoms with E-state index in [1.165, 1.54) is 18.4 Å². The summed E-state index contributed by atoms with van der Waals surface area (Å²) in [7, 11) is 0. The SMILES string of the molecule is CC1=C2C([C@H](C)CC[C@H]2/C=C(\C)C(=O)O)[C@H](C)C1. The molecular formula is C16H24O2. The highest BCUT2D eigenvalue weighted by Crippen LogP contribution is 2.50. The molecule has 0 bridgehead atoms. The number of fused-ring (bicyclic) bond motifs is 1. The van der Waals surface area contributed by atoms with E-state index >= 15 is 0 Å². The second-order valence-electron chi connectivity index (χ2n) is 6.26. The Kier molecular flexibility index (Phi) is 3.65. The molecule has 0 aromatic heterocycles. The number of hydrogen-bond donors (Lipinski definition) is 1. The lowest BCUT2D eigenvalue weighted by Crippen LogP contribution is -2.27. The number of rotatable bonds is 2. The molecule has 0 spiro atoms. The fraction of sp³-hybridized carbons (Fsp3) is 0.688. The Morgan fingerprint density at radius 3 is 2.56 bits per heavy atom. The van der Waals surface area contributed by atoms with Crippen molar-refractivity contribution < 1.29 is 9.90 Å². The van der Waals surface area contributed by atoms with Gasteiger partial charge in [-0.1, -0.05) is 31.1 Å². The molecule has 0 aromatic carbocycles. The van der Waals surface area contributed by atoms with Gasteiger partial charge in [-0.2, -0.15) is 0 Å². The van der Waals surface area contributed by atoms with Crippen molar-refractivity contribution >= 4 is 5.97 Å². The minimum atomic E-state index is -0.783. The molecule has 2 aliphatic carbocycles. The van der Waals surface area contributed by atoms with E-state index in [2.05, 4.69) is 20.8 Å². The average molecular weight is 248 g/mol. The number of carboxylic acids is 1. The Hall–Kier alpha value is -1.05. The molecule has 1 fully saturated rings. The normalized spacial score (nSPS) is 36.8. The van der Waals surface area contributed by atoms with Crippen molar-refractivity contribution in [2.75, 3.05) is 0 Å². The van der Waals surface area contributed by atoms with Crippen molar-refractivity contribution in [2.45, 2.75) is 47.0 Å². The Morgan fingerprint density at radius 1 is 1.28 bits per heavy atom. The molecule has 0 amide bonds. The van der Waals surface area contributed by atoms with Gasteiger partial charge in [-0.05, 0) is 56.8 Å². The van der Waals surface area contributed by atoms with Gasteiger partial charge in [0.15, 0.2) is 0 Å². The third-order valence-electron chi connectivity index (χ3n) is 4.83. The molecule has 0 aliphatic heterocycles. The zero-order chi connectivity index (χ0) is 13.4. The largest absolute Gasteiger partial charge is 0.478 e. The first kappa shape index (κ1) is 13.4. The van der Waals surface area contributed by atoms with E-state index in [0.29, 0.717) is 17.4 Å². The number of carboxylic acid groups (broad SMARTS) is 1. The molecule has 100 valence electrons. The third kappa shape index (κ3) is 2.25. The van der Waals surface area contributed by atoms with Gasteiger partial charge in [-0.15, -0.1) is 0 Å². The van der Waals surface area contributed by atoms with Crippen molar-refractivity contribution in [2.24, 2.45) is 23.7 Å². The van der Waals surface area contributed by atoms with E-state index in [-0.39, 0.29) is 0 Å². The maximum Gasteiger partial charge on any atom is 0.330 e. The molecule has 2 rings (SSSR count). The molecule has 0 radical (unpaired) electrons. The third-order valence-corrected chi connectivity index (χ3v) is 4.83. The first-order chi connectivity index (χ1) is 8.41. The molecule has 18 heavy (non-hydrogen) atoms. The zero-order valence-corrected chi connectivity index (χ0v) is 11.9. The highest BCUT2D eigenvalue weighted by molar-refractivity contribution is 5.85. The molecule has 2 heteroatoms. The van der Waals surface area contributed by atoms with Gasteiger partial charge in [0.05, 0.1) is 0 Å². The smallest absolute Gasteiger partial charge is 0.330 e. The van der Waals surface area contributed by atoms with Crippen LogP contribution in [0.2, 0.25) is 0 Å². The van der Waals surface area contributed by atoms with Crippen molar-refractivity contribution in [3.63, 3.8) is 0 Å². The Morgan fingerprint density at radius 2 is 1.94 bits per heavy atom. The molecule has 2 nitrogen and oxygen atoms in total. The molecule has 2 aliphatic rings. The van der Waals surface area contributed by atoms with Crippen molar-refractivity contribution in [1.29, 1.82) is 0 Å². The first-order valence-electron chi connectivity index (χ1n) is 7.03. The molecule has 0 heterocycles. The number of hydrogen-bond acceptors (Lipinski definition) is 1. The summed E-state index contributed by atoms with van der Waals surface area (Å²) in [5.74, 6) is 1.75. The van der Waals surface area contributed by atoms with Gasteiger partial charge in [0.2, 0.25) is 0 Å². The Bertz CT molecular complexity index is 417. The number of allylic oxidation sites excluding steroid dienone is 3. The second-order valence-corrected chi connectivity index (χ2v) is 6.26. The highest BCUT2D eigenvalue weighted by Gasteiger charge is 2.40. The summed E-state index contributed by atoms with van der Waals surface area (Å²) in [5, 5.41) is 9.04. The van der Waals surface area contributed by atoms with Gasteiger partial charge in [0.1, 0.15) is 0 Å². The molecule has 0 aromatic rings. The molecule has 1 saturated carbocycles. The van der Waals surface area contributed by atoms with Crippen LogP contribution in [0.1, 0.15) is 47.0 Å². The Balaban J connectivity index is 2.31. The van der Waals surface area contributed by atoms with Gasteiger partial charge in [-0.3, -0.25) is 0 Å². The summed E-state index contributed by atoms with van der Waals surface area (Å²) in [4.78, 5) is 11.0. The van der Waals surface area contributed by atoms with E-state index < -0.39 is 5.97 Å². The van der Waals surface area contributed by atoms with E-state index in [0.717, 1.165) is 18.3 Å². The van der Waals surface area contributed by atoms with Gasteiger partial charge >= 0.3 is 5.97 Å². The first-order valence-corrected chi connectivity index (χ1v) is 7.03. The lowest BCUT2D eigenvalue weighted by molar-refractivity contribution is -0.132. The topological polar surface area (TPSA) is 37.3 Å². The summed E-state index contributed by atoms with van der Waals surface area (Å²) < 4.78 is 0. The van der Waals surface area contributed by atoms with Crippen LogP contribution in [0.5, 0.6) is 0 Å². The molecule has 4 atom stereocenters. The van der Waals surface area contributed by atoms with Crippen LogP contribution in [0.3, 0.4) is 0 Å². The standard InChI is InChI=1S/C16H24O2/c1-9-5-6-13(8-12(4)16(17)18)15-11(3)7-10(2)14(9)15/h8-10,13-14H,5-7H2,1-4H3,(H,17,18)/b12-8+/t9-,10-,13+,14?/m1/s1.